The lowest BCUT2D eigenvalue weighted by molar-refractivity contribution is -0.136. The van der Waals surface area contributed by atoms with E-state index in [2.05, 4.69) is 6.58 Å². The third kappa shape index (κ3) is 3.58. The number of carbonyl (C=O) groups is 2. The van der Waals surface area contributed by atoms with Gasteiger partial charge in [0.15, 0.2) is 5.60 Å². The van der Waals surface area contributed by atoms with Gasteiger partial charge in [0, 0.05) is 31.1 Å². The highest BCUT2D eigenvalue weighted by molar-refractivity contribution is 6.07. The van der Waals surface area contributed by atoms with Crippen molar-refractivity contribution < 1.29 is 19.4 Å². The van der Waals surface area contributed by atoms with Crippen molar-refractivity contribution in [2.24, 2.45) is 0 Å². The Bertz CT molecular complexity index is 747. The van der Waals surface area contributed by atoms with Crippen LogP contribution in [0.15, 0.2) is 36.9 Å². The zero-order chi connectivity index (χ0) is 19.8. The first-order valence-electron chi connectivity index (χ1n) is 9.42. The second-order valence-corrected chi connectivity index (χ2v) is 8.24. The largest absolute Gasteiger partial charge is 0.444 e. The number of fused-ring (bicyclic) bond motifs is 1. The standard InChI is InChI=1S/C21H28N2O4/c1-5-12-21(26)16-8-6-7-9-17(16)23(18(21)24)15-10-13-22(14-11-15)19(25)27-20(2,3)4/h5-9,15,26H,1,10-14H2,2-4H3. The van der Waals surface area contributed by atoms with Crippen LogP contribution >= 0.6 is 0 Å². The van der Waals surface area contributed by atoms with Gasteiger partial charge in [-0.2, -0.15) is 0 Å². The van der Waals surface area contributed by atoms with Crippen LogP contribution in [-0.4, -0.2) is 46.7 Å². The number of ether oxygens (including phenoxy) is 1. The lowest BCUT2D eigenvalue weighted by Gasteiger charge is -2.37. The molecule has 1 saturated heterocycles. The minimum Gasteiger partial charge on any atom is -0.444 e. The van der Waals surface area contributed by atoms with Crippen LogP contribution in [0.3, 0.4) is 0 Å². The third-order valence-corrected chi connectivity index (χ3v) is 5.10. The number of aliphatic hydroxyl groups is 1. The molecule has 1 aromatic rings. The molecule has 0 spiro atoms. The fourth-order valence-corrected chi connectivity index (χ4v) is 3.86. The SMILES string of the molecule is C=CCC1(O)C(=O)N(C2CCN(C(=O)OC(C)(C)C)CC2)c2ccccc21. The van der Waals surface area contributed by atoms with Gasteiger partial charge in [0.2, 0.25) is 0 Å². The van der Waals surface area contributed by atoms with Gasteiger partial charge in [0.25, 0.3) is 5.91 Å². The Kier molecular flexibility index (Phi) is 5.04. The van der Waals surface area contributed by atoms with E-state index in [1.54, 1.807) is 21.9 Å². The zero-order valence-electron chi connectivity index (χ0n) is 16.3. The second kappa shape index (κ2) is 7.00. The normalized spacial score (nSPS) is 23.3. The maximum atomic E-state index is 13.1. The van der Waals surface area contributed by atoms with Gasteiger partial charge in [-0.05, 0) is 39.7 Å². The van der Waals surface area contributed by atoms with Crippen molar-refractivity contribution in [1.29, 1.82) is 0 Å². The second-order valence-electron chi connectivity index (χ2n) is 8.24. The van der Waals surface area contributed by atoms with Crippen LogP contribution in [0.5, 0.6) is 0 Å². The van der Waals surface area contributed by atoms with E-state index in [4.69, 9.17) is 4.74 Å². The first kappa shape index (κ1) is 19.4. The Morgan fingerprint density at radius 3 is 2.56 bits per heavy atom. The minimum absolute atomic E-state index is 0.0591. The van der Waals surface area contributed by atoms with E-state index < -0.39 is 11.2 Å². The Hall–Kier alpha value is -2.34. The lowest BCUT2D eigenvalue weighted by atomic mass is 9.92. The molecule has 2 heterocycles. The van der Waals surface area contributed by atoms with Crippen LogP contribution in [-0.2, 0) is 15.1 Å². The van der Waals surface area contributed by atoms with Crippen LogP contribution in [0.25, 0.3) is 0 Å². The summed E-state index contributed by atoms with van der Waals surface area (Å²) in [6, 6.07) is 7.31. The summed E-state index contributed by atoms with van der Waals surface area (Å²) < 4.78 is 5.44. The van der Waals surface area contributed by atoms with Crippen molar-refractivity contribution >= 4 is 17.7 Å². The Labute approximate surface area is 160 Å². The molecule has 27 heavy (non-hydrogen) atoms. The van der Waals surface area contributed by atoms with Crippen LogP contribution in [0.4, 0.5) is 10.5 Å². The van der Waals surface area contributed by atoms with E-state index >= 15 is 0 Å². The van der Waals surface area contributed by atoms with Crippen LogP contribution in [0, 0.1) is 0 Å². The van der Waals surface area contributed by atoms with Gasteiger partial charge in [0.05, 0.1) is 5.69 Å². The predicted octanol–water partition coefficient (Wildman–Crippen LogP) is 3.20. The zero-order valence-corrected chi connectivity index (χ0v) is 16.3. The van der Waals surface area contributed by atoms with Gasteiger partial charge in [-0.3, -0.25) is 4.79 Å². The number of anilines is 1. The molecule has 2 amide bonds. The number of amides is 2. The summed E-state index contributed by atoms with van der Waals surface area (Å²) in [7, 11) is 0. The number of likely N-dealkylation sites (tertiary alicyclic amines) is 1. The summed E-state index contributed by atoms with van der Waals surface area (Å²) >= 11 is 0. The predicted molar refractivity (Wildman–Crippen MR) is 103 cm³/mol. The summed E-state index contributed by atoms with van der Waals surface area (Å²) in [5.41, 5.74) is -0.702. The number of piperidine rings is 1. The molecule has 1 atom stereocenters. The van der Waals surface area contributed by atoms with E-state index in [1.807, 2.05) is 39.0 Å². The Morgan fingerprint density at radius 1 is 1.33 bits per heavy atom. The molecule has 1 fully saturated rings. The quantitative estimate of drug-likeness (QED) is 0.827. The van der Waals surface area contributed by atoms with E-state index in [-0.39, 0.29) is 24.5 Å². The maximum Gasteiger partial charge on any atom is 0.410 e. The van der Waals surface area contributed by atoms with Gasteiger partial charge in [-0.1, -0.05) is 24.3 Å². The van der Waals surface area contributed by atoms with Crippen molar-refractivity contribution in [2.45, 2.75) is 57.3 Å². The minimum atomic E-state index is -1.55. The van der Waals surface area contributed by atoms with Gasteiger partial charge >= 0.3 is 6.09 Å². The molecule has 1 aromatic carbocycles. The summed E-state index contributed by atoms with van der Waals surface area (Å²) in [5.74, 6) is -0.306. The molecule has 0 saturated carbocycles. The first-order valence-corrected chi connectivity index (χ1v) is 9.42. The average molecular weight is 372 g/mol. The van der Waals surface area contributed by atoms with Crippen LogP contribution in [0.1, 0.15) is 45.6 Å². The summed E-state index contributed by atoms with van der Waals surface area (Å²) in [5, 5.41) is 11.0. The van der Waals surface area contributed by atoms with E-state index in [0.717, 1.165) is 5.69 Å². The molecule has 6 heteroatoms. The molecular weight excluding hydrogens is 344 g/mol. The number of carbonyl (C=O) groups excluding carboxylic acids is 2. The third-order valence-electron chi connectivity index (χ3n) is 5.10. The average Bonchev–Trinajstić information content (AvgIpc) is 2.82. The first-order chi connectivity index (χ1) is 12.7. The number of para-hydroxylation sites is 1. The van der Waals surface area contributed by atoms with E-state index in [1.165, 1.54) is 0 Å². The number of rotatable bonds is 3. The molecule has 0 aromatic heterocycles. The molecule has 0 aliphatic carbocycles. The van der Waals surface area contributed by atoms with Crippen molar-refractivity contribution in [3.05, 3.63) is 42.5 Å². The van der Waals surface area contributed by atoms with Gasteiger partial charge in [0.1, 0.15) is 5.60 Å². The highest BCUT2D eigenvalue weighted by atomic mass is 16.6. The molecule has 6 nitrogen and oxygen atoms in total. The van der Waals surface area contributed by atoms with Crippen molar-refractivity contribution in [2.75, 3.05) is 18.0 Å². The molecule has 2 aliphatic heterocycles. The molecule has 1 N–H and O–H groups in total. The van der Waals surface area contributed by atoms with Crippen molar-refractivity contribution in [3.8, 4) is 0 Å². The summed E-state index contributed by atoms with van der Waals surface area (Å²) in [6.07, 6.45) is 2.71. The Balaban J connectivity index is 1.76. The molecule has 0 radical (unpaired) electrons. The van der Waals surface area contributed by atoms with Gasteiger partial charge < -0.3 is 19.6 Å². The maximum absolute atomic E-state index is 13.1. The smallest absolute Gasteiger partial charge is 0.410 e. The van der Waals surface area contributed by atoms with Gasteiger partial charge in [-0.15, -0.1) is 6.58 Å². The number of nitrogens with zero attached hydrogens (tertiary/aromatic N) is 2. The summed E-state index contributed by atoms with van der Waals surface area (Å²) in [4.78, 5) is 28.8. The monoisotopic (exact) mass is 372 g/mol. The number of benzene rings is 1. The van der Waals surface area contributed by atoms with Crippen molar-refractivity contribution in [3.63, 3.8) is 0 Å². The van der Waals surface area contributed by atoms with E-state index in [0.29, 0.717) is 31.5 Å². The lowest BCUT2D eigenvalue weighted by Crippen LogP contribution is -2.51. The van der Waals surface area contributed by atoms with Crippen molar-refractivity contribution in [1.82, 2.24) is 4.90 Å². The van der Waals surface area contributed by atoms with Crippen LogP contribution in [0.2, 0.25) is 0 Å². The topological polar surface area (TPSA) is 70.1 Å². The number of hydrogen-bond acceptors (Lipinski definition) is 4. The highest BCUT2D eigenvalue weighted by Gasteiger charge is 2.51. The summed E-state index contributed by atoms with van der Waals surface area (Å²) in [6.45, 7) is 10.3. The van der Waals surface area contributed by atoms with Gasteiger partial charge in [-0.25, -0.2) is 4.79 Å². The fraction of sp³-hybridized carbons (Fsp3) is 0.524. The molecule has 2 aliphatic rings. The molecular formula is C21H28N2O4. The molecule has 146 valence electrons. The molecule has 3 rings (SSSR count). The Morgan fingerprint density at radius 2 is 1.96 bits per heavy atom. The van der Waals surface area contributed by atoms with E-state index in [9.17, 15) is 14.7 Å². The molecule has 1 unspecified atom stereocenters. The molecule has 0 bridgehead atoms. The number of hydrogen-bond donors (Lipinski definition) is 1. The highest BCUT2D eigenvalue weighted by Crippen LogP contribution is 2.44. The fourth-order valence-electron chi connectivity index (χ4n) is 3.86. The van der Waals surface area contributed by atoms with Crippen LogP contribution < -0.4 is 4.90 Å².